The minimum Gasteiger partial charge on any atom is -0.462 e. The Kier molecular flexibility index (Phi) is 47.2. The van der Waals surface area contributed by atoms with Gasteiger partial charge in [-0.1, -0.05) is 182 Å². The summed E-state index contributed by atoms with van der Waals surface area (Å²) in [5, 5.41) is 9.77. The molecule has 11 nitrogen and oxygen atoms in total. The van der Waals surface area contributed by atoms with Gasteiger partial charge in [-0.3, -0.25) is 23.4 Å². The summed E-state index contributed by atoms with van der Waals surface area (Å²) in [4.78, 5) is 48.2. The van der Waals surface area contributed by atoms with E-state index in [4.69, 9.17) is 23.3 Å². The molecule has 0 aromatic heterocycles. The molecule has 0 spiro atoms. The number of carbonyl (C=O) groups excluding carboxylic acids is 3. The predicted molar refractivity (Wildman–Crippen MR) is 279 cm³/mol. The van der Waals surface area contributed by atoms with Crippen LogP contribution in [-0.4, -0.2) is 66.5 Å². The molecule has 0 saturated heterocycles. The van der Waals surface area contributed by atoms with Gasteiger partial charge in [-0.2, -0.15) is 0 Å². The number of unbranched alkanes of at least 4 members (excludes halogenated alkanes) is 14. The van der Waals surface area contributed by atoms with Crippen LogP contribution >= 0.6 is 7.82 Å². The molecule has 0 aliphatic carbocycles. The van der Waals surface area contributed by atoms with E-state index in [1.54, 1.807) is 0 Å². The van der Waals surface area contributed by atoms with Crippen molar-refractivity contribution in [2.24, 2.45) is 0 Å². The SMILES string of the molecule is CC/C=C\C/C=C\C/C=C\C/C=C\CCCCCCC(=O)OC(COC(=O)CCCCCCCCCCC)COP(=O)(O)OCC(CO)OC(=O)CCCC/C=C\C/C=C\C/C=C\C/C=C\CC. The molecule has 388 valence electrons. The third-order valence-electron chi connectivity index (χ3n) is 10.5. The van der Waals surface area contributed by atoms with E-state index in [1.807, 2.05) is 0 Å². The number of aliphatic hydroxyl groups is 1. The van der Waals surface area contributed by atoms with Gasteiger partial charge in [0.25, 0.3) is 0 Å². The van der Waals surface area contributed by atoms with Crippen LogP contribution in [0.3, 0.4) is 0 Å². The van der Waals surface area contributed by atoms with E-state index in [0.29, 0.717) is 19.3 Å². The highest BCUT2D eigenvalue weighted by Gasteiger charge is 2.28. The molecule has 3 atom stereocenters. The van der Waals surface area contributed by atoms with Crippen molar-refractivity contribution in [3.63, 3.8) is 0 Å². The molecule has 0 aromatic carbocycles. The van der Waals surface area contributed by atoms with Crippen LogP contribution in [0, 0.1) is 0 Å². The van der Waals surface area contributed by atoms with Crippen LogP contribution in [0.2, 0.25) is 0 Å². The summed E-state index contributed by atoms with van der Waals surface area (Å²) >= 11 is 0. The Morgan fingerprint density at radius 3 is 1.21 bits per heavy atom. The van der Waals surface area contributed by atoms with Gasteiger partial charge in [-0.05, 0) is 96.3 Å². The summed E-state index contributed by atoms with van der Waals surface area (Å²) in [6.45, 7) is 4.29. The number of aliphatic hydroxyl groups excluding tert-OH is 1. The third-order valence-corrected chi connectivity index (χ3v) is 11.5. The maximum absolute atomic E-state index is 12.8. The highest BCUT2D eigenvalue weighted by atomic mass is 31.2. The minimum atomic E-state index is -4.76. The van der Waals surface area contributed by atoms with Crippen LogP contribution in [0.15, 0.2) is 97.2 Å². The van der Waals surface area contributed by atoms with Gasteiger partial charge in [0.1, 0.15) is 12.7 Å². The molecule has 0 aliphatic rings. The first-order chi connectivity index (χ1) is 33.2. The maximum Gasteiger partial charge on any atom is 0.472 e. The number of hydrogen-bond acceptors (Lipinski definition) is 10. The molecular weight excluding hydrogens is 880 g/mol. The summed E-state index contributed by atoms with van der Waals surface area (Å²) in [5.41, 5.74) is 0. The zero-order valence-corrected chi connectivity index (χ0v) is 43.4. The lowest BCUT2D eigenvalue weighted by Crippen LogP contribution is -2.30. The molecule has 0 fully saturated rings. The zero-order valence-electron chi connectivity index (χ0n) is 42.5. The number of carbonyl (C=O) groups is 3. The fourth-order valence-electron chi connectivity index (χ4n) is 6.57. The van der Waals surface area contributed by atoms with Crippen molar-refractivity contribution in [3.05, 3.63) is 97.2 Å². The van der Waals surface area contributed by atoms with E-state index in [1.165, 1.54) is 32.1 Å². The van der Waals surface area contributed by atoms with Crippen molar-refractivity contribution in [1.82, 2.24) is 0 Å². The lowest BCUT2D eigenvalue weighted by atomic mass is 10.1. The summed E-state index contributed by atoms with van der Waals surface area (Å²) in [6.07, 6.45) is 56.7. The summed E-state index contributed by atoms with van der Waals surface area (Å²) < 4.78 is 39.3. The van der Waals surface area contributed by atoms with Crippen LogP contribution in [0.4, 0.5) is 0 Å². The van der Waals surface area contributed by atoms with Crippen LogP contribution < -0.4 is 0 Å². The molecule has 0 aliphatic heterocycles. The number of allylic oxidation sites excluding steroid dienone is 16. The number of esters is 3. The van der Waals surface area contributed by atoms with Gasteiger partial charge in [0.15, 0.2) is 6.10 Å². The Labute approximate surface area is 412 Å². The Morgan fingerprint density at radius 1 is 0.426 bits per heavy atom. The van der Waals surface area contributed by atoms with Crippen molar-refractivity contribution in [2.45, 2.75) is 213 Å². The number of ether oxygens (including phenoxy) is 3. The van der Waals surface area contributed by atoms with Gasteiger partial charge in [0, 0.05) is 19.3 Å². The average molecular weight is 973 g/mol. The van der Waals surface area contributed by atoms with Gasteiger partial charge in [-0.15, -0.1) is 0 Å². The highest BCUT2D eigenvalue weighted by molar-refractivity contribution is 7.47. The van der Waals surface area contributed by atoms with E-state index in [0.717, 1.165) is 109 Å². The van der Waals surface area contributed by atoms with E-state index < -0.39 is 57.8 Å². The lowest BCUT2D eigenvalue weighted by Gasteiger charge is -2.21. The Morgan fingerprint density at radius 2 is 0.765 bits per heavy atom. The predicted octanol–water partition coefficient (Wildman–Crippen LogP) is 14.9. The molecule has 2 N–H and O–H groups in total. The van der Waals surface area contributed by atoms with Gasteiger partial charge in [0.05, 0.1) is 19.8 Å². The Balaban J connectivity index is 4.78. The van der Waals surface area contributed by atoms with E-state index in [-0.39, 0.29) is 25.9 Å². The quantitative estimate of drug-likeness (QED) is 0.0197. The summed E-state index contributed by atoms with van der Waals surface area (Å²) in [6, 6.07) is 0. The molecule has 0 radical (unpaired) electrons. The average Bonchev–Trinajstić information content (AvgIpc) is 3.32. The fraction of sp³-hybridized carbons (Fsp3) is 0.661. The molecule has 0 saturated carbocycles. The Bertz CT molecular complexity index is 1510. The lowest BCUT2D eigenvalue weighted by molar-refractivity contribution is -0.161. The molecule has 68 heavy (non-hydrogen) atoms. The second kappa shape index (κ2) is 49.8. The molecule has 12 heteroatoms. The molecule has 0 bridgehead atoms. The van der Waals surface area contributed by atoms with Crippen LogP contribution in [0.1, 0.15) is 201 Å². The topological polar surface area (TPSA) is 155 Å². The van der Waals surface area contributed by atoms with E-state index >= 15 is 0 Å². The first kappa shape index (κ1) is 64.4. The summed E-state index contributed by atoms with van der Waals surface area (Å²) in [7, 11) is -4.76. The molecule has 0 amide bonds. The number of hydrogen-bond donors (Lipinski definition) is 2. The number of rotatable bonds is 47. The zero-order chi connectivity index (χ0) is 49.9. The van der Waals surface area contributed by atoms with E-state index in [2.05, 4.69) is 118 Å². The molecular formula is C56H93O11P. The van der Waals surface area contributed by atoms with Crippen LogP contribution in [-0.2, 0) is 42.2 Å². The summed E-state index contributed by atoms with van der Waals surface area (Å²) in [5.74, 6) is -1.55. The van der Waals surface area contributed by atoms with Gasteiger partial charge in [0.2, 0.25) is 0 Å². The Hall–Kier alpha value is -3.60. The van der Waals surface area contributed by atoms with Gasteiger partial charge < -0.3 is 24.2 Å². The normalized spacial score (nSPS) is 14.2. The third kappa shape index (κ3) is 47.5. The second-order valence-corrected chi connectivity index (χ2v) is 18.4. The fourth-order valence-corrected chi connectivity index (χ4v) is 7.36. The van der Waals surface area contributed by atoms with Gasteiger partial charge >= 0.3 is 25.7 Å². The van der Waals surface area contributed by atoms with Gasteiger partial charge in [-0.25, -0.2) is 4.57 Å². The van der Waals surface area contributed by atoms with Crippen molar-refractivity contribution < 1.29 is 52.2 Å². The number of phosphoric acid groups is 1. The molecule has 0 aromatic rings. The van der Waals surface area contributed by atoms with Crippen LogP contribution in [0.25, 0.3) is 0 Å². The molecule has 0 rings (SSSR count). The highest BCUT2D eigenvalue weighted by Crippen LogP contribution is 2.43. The van der Waals surface area contributed by atoms with Crippen LogP contribution in [0.5, 0.6) is 0 Å². The number of phosphoric ester groups is 1. The first-order valence-corrected chi connectivity index (χ1v) is 27.6. The molecule has 3 unspecified atom stereocenters. The van der Waals surface area contributed by atoms with E-state index in [9.17, 15) is 28.9 Å². The largest absolute Gasteiger partial charge is 0.472 e. The molecule has 0 heterocycles. The van der Waals surface area contributed by atoms with Crippen molar-refractivity contribution in [2.75, 3.05) is 26.4 Å². The first-order valence-electron chi connectivity index (χ1n) is 26.1. The van der Waals surface area contributed by atoms with Crippen molar-refractivity contribution in [3.8, 4) is 0 Å². The van der Waals surface area contributed by atoms with Crippen molar-refractivity contribution >= 4 is 25.7 Å². The maximum atomic E-state index is 12.8. The standard InChI is InChI=1S/C56H93O11P/c1-4-7-10-13-16-19-21-23-25-26-28-30-32-35-38-41-44-47-56(60)67-53(49-63-54(58)45-42-39-36-33-18-15-12-9-6-3)51-65-68(61,62)64-50-52(48-57)66-55(59)46-43-40-37-34-31-29-27-24-22-20-17-14-11-8-5-2/h7-8,10-11,16-17,19-20,23-25,27-28,30-31,34,52-53,57H,4-6,9,12-15,18,21-22,26,29,32-33,35-51H2,1-3H3,(H,61,62)/b10-7-,11-8-,19-16-,20-17-,25-23-,27-24-,30-28-,34-31-. The monoisotopic (exact) mass is 973 g/mol. The second-order valence-electron chi connectivity index (χ2n) is 16.9. The minimum absolute atomic E-state index is 0.119. The van der Waals surface area contributed by atoms with Crippen molar-refractivity contribution in [1.29, 1.82) is 0 Å². The smallest absolute Gasteiger partial charge is 0.462 e.